The summed E-state index contributed by atoms with van der Waals surface area (Å²) in [4.78, 5) is 8.17. The van der Waals surface area contributed by atoms with Gasteiger partial charge in [-0.25, -0.2) is 26.7 Å². The van der Waals surface area contributed by atoms with Crippen molar-refractivity contribution in [2.45, 2.75) is 11.4 Å². The maximum Gasteiger partial charge on any atom is 0.268 e. The van der Waals surface area contributed by atoms with Crippen LogP contribution < -0.4 is 10.6 Å². The molecule has 0 spiro atoms. The molecule has 0 aliphatic carbocycles. The van der Waals surface area contributed by atoms with E-state index in [0.717, 1.165) is 15.6 Å². The molecule has 2 N–H and O–H groups in total. The molecule has 0 atom stereocenters. The number of rotatable bonds is 6. The molecule has 1 aromatic carbocycles. The summed E-state index contributed by atoms with van der Waals surface area (Å²) in [6.45, 7) is 0.420. The second-order valence-electron chi connectivity index (χ2n) is 6.63. The summed E-state index contributed by atoms with van der Waals surface area (Å²) in [7, 11) is -2.30. The van der Waals surface area contributed by atoms with Crippen molar-refractivity contribution in [2.24, 2.45) is 0 Å². The number of halogens is 3. The summed E-state index contributed by atoms with van der Waals surface area (Å²) < 4.78 is 41.4. The predicted molar refractivity (Wildman–Crippen MR) is 119 cm³/mol. The van der Waals surface area contributed by atoms with E-state index in [-0.39, 0.29) is 15.2 Å². The van der Waals surface area contributed by atoms with Crippen LogP contribution in [0.5, 0.6) is 0 Å². The fourth-order valence-corrected chi connectivity index (χ4v) is 4.95. The Bertz CT molecular complexity index is 1390. The molecule has 0 radical (unpaired) electrons. The van der Waals surface area contributed by atoms with Gasteiger partial charge >= 0.3 is 0 Å². The van der Waals surface area contributed by atoms with Gasteiger partial charge in [0.2, 0.25) is 0 Å². The lowest BCUT2D eigenvalue weighted by molar-refractivity contribution is 0.584. The van der Waals surface area contributed by atoms with Crippen LogP contribution in [0.25, 0.3) is 10.9 Å². The van der Waals surface area contributed by atoms with Gasteiger partial charge in [-0.15, -0.1) is 0 Å². The first kappa shape index (κ1) is 21.5. The molecule has 7 nitrogen and oxygen atoms in total. The van der Waals surface area contributed by atoms with Crippen molar-refractivity contribution in [1.29, 1.82) is 0 Å². The van der Waals surface area contributed by atoms with Gasteiger partial charge in [0.1, 0.15) is 16.8 Å². The lowest BCUT2D eigenvalue weighted by Crippen LogP contribution is -2.12. The molecule has 0 amide bonds. The maximum absolute atomic E-state index is 13.7. The fraction of sp³-hybridized carbons (Fsp3) is 0.100. The van der Waals surface area contributed by atoms with Crippen molar-refractivity contribution in [3.8, 4) is 0 Å². The Hall–Kier alpha value is -2.72. The normalized spacial score (nSPS) is 11.7. The Kier molecular flexibility index (Phi) is 5.85. The summed E-state index contributed by atoms with van der Waals surface area (Å²) in [5.74, 6) is -0.287. The van der Waals surface area contributed by atoms with E-state index in [9.17, 15) is 12.8 Å². The number of hydrogen-bond donors (Lipinski definition) is 2. The van der Waals surface area contributed by atoms with Crippen LogP contribution in [0.3, 0.4) is 0 Å². The van der Waals surface area contributed by atoms with Crippen molar-refractivity contribution >= 4 is 55.6 Å². The number of pyridine rings is 2. The lowest BCUT2D eigenvalue weighted by atomic mass is 10.2. The van der Waals surface area contributed by atoms with Gasteiger partial charge in [0.05, 0.1) is 16.1 Å². The smallest absolute Gasteiger partial charge is 0.268 e. The van der Waals surface area contributed by atoms with E-state index in [1.807, 2.05) is 0 Å². The Labute approximate surface area is 187 Å². The highest BCUT2D eigenvalue weighted by molar-refractivity contribution is 7.90. The zero-order valence-corrected chi connectivity index (χ0v) is 18.4. The zero-order chi connectivity index (χ0) is 22.2. The van der Waals surface area contributed by atoms with Crippen LogP contribution in [0.15, 0.2) is 59.8 Å². The molecule has 0 bridgehead atoms. The second kappa shape index (κ2) is 8.43. The highest BCUT2D eigenvalue weighted by atomic mass is 35.5. The first-order valence-electron chi connectivity index (χ1n) is 9.04. The van der Waals surface area contributed by atoms with Crippen molar-refractivity contribution in [2.75, 3.05) is 12.4 Å². The number of benzene rings is 1. The zero-order valence-electron chi connectivity index (χ0n) is 16.1. The third-order valence-electron chi connectivity index (χ3n) is 4.54. The summed E-state index contributed by atoms with van der Waals surface area (Å²) in [6, 6.07) is 9.66. The van der Waals surface area contributed by atoms with Gasteiger partial charge in [-0.2, -0.15) is 0 Å². The topological polar surface area (TPSA) is 88.9 Å². The number of nitrogens with one attached hydrogen (secondary N) is 2. The first-order valence-corrected chi connectivity index (χ1v) is 11.2. The Morgan fingerprint density at radius 3 is 2.68 bits per heavy atom. The van der Waals surface area contributed by atoms with Crippen molar-refractivity contribution < 1.29 is 12.8 Å². The number of hydrogen-bond acceptors (Lipinski definition) is 6. The minimum Gasteiger partial charge on any atom is -0.338 e. The lowest BCUT2D eigenvalue weighted by Gasteiger charge is -2.10. The van der Waals surface area contributed by atoms with Gasteiger partial charge < -0.3 is 10.6 Å². The standard InChI is InChI=1S/C20H16Cl2FN5O2S/c1-24-9-12-11-28(31(29,30)14-4-2-3-13(23)7-14)17-8-19(25-10-15(12)17)26-16-5-6-18(21)27-20(16)22/h2-8,10-11,24H,9H2,1H3,(H,25,26). The van der Waals surface area contributed by atoms with Crippen LogP contribution in [0.1, 0.15) is 5.56 Å². The molecule has 0 saturated carbocycles. The summed E-state index contributed by atoms with van der Waals surface area (Å²) in [5.41, 5.74) is 1.56. The summed E-state index contributed by atoms with van der Waals surface area (Å²) in [5, 5.41) is 7.05. The predicted octanol–water partition coefficient (Wildman–Crippen LogP) is 4.58. The molecule has 0 fully saturated rings. The van der Waals surface area contributed by atoms with Gasteiger partial charge in [0.15, 0.2) is 5.15 Å². The molecule has 0 saturated heterocycles. The van der Waals surface area contributed by atoms with E-state index < -0.39 is 15.8 Å². The SMILES string of the molecule is CNCc1cn(S(=O)(=O)c2cccc(F)c2)c2cc(Nc3ccc(Cl)nc3Cl)ncc12. The minimum absolute atomic E-state index is 0.146. The summed E-state index contributed by atoms with van der Waals surface area (Å²) >= 11 is 11.9. The molecule has 160 valence electrons. The number of aromatic nitrogens is 3. The average molecular weight is 480 g/mol. The van der Waals surface area contributed by atoms with E-state index in [2.05, 4.69) is 20.6 Å². The Balaban J connectivity index is 1.85. The monoisotopic (exact) mass is 479 g/mol. The Morgan fingerprint density at radius 1 is 1.16 bits per heavy atom. The quantitative estimate of drug-likeness (QED) is 0.393. The fourth-order valence-electron chi connectivity index (χ4n) is 3.14. The molecular formula is C20H16Cl2FN5O2S. The molecule has 0 aliphatic rings. The third kappa shape index (κ3) is 4.22. The minimum atomic E-state index is -4.05. The van der Waals surface area contributed by atoms with E-state index in [1.165, 1.54) is 24.4 Å². The van der Waals surface area contributed by atoms with Crippen molar-refractivity contribution in [3.05, 3.63) is 76.5 Å². The molecule has 4 rings (SSSR count). The maximum atomic E-state index is 13.7. The first-order chi connectivity index (χ1) is 14.8. The second-order valence-corrected chi connectivity index (χ2v) is 9.19. The van der Waals surface area contributed by atoms with E-state index in [0.29, 0.717) is 29.0 Å². The molecule has 3 heterocycles. The third-order valence-corrected chi connectivity index (χ3v) is 6.70. The van der Waals surface area contributed by atoms with Crippen LogP contribution >= 0.6 is 23.2 Å². The van der Waals surface area contributed by atoms with Gasteiger partial charge in [0.25, 0.3) is 10.0 Å². The molecule has 3 aromatic heterocycles. The highest BCUT2D eigenvalue weighted by Crippen LogP contribution is 2.30. The van der Waals surface area contributed by atoms with Crippen LogP contribution in [0.2, 0.25) is 10.3 Å². The van der Waals surface area contributed by atoms with Crippen LogP contribution in [-0.2, 0) is 16.6 Å². The molecular weight excluding hydrogens is 464 g/mol. The van der Waals surface area contributed by atoms with E-state index in [1.54, 1.807) is 31.4 Å². The van der Waals surface area contributed by atoms with E-state index in [4.69, 9.17) is 23.2 Å². The molecule has 0 unspecified atom stereocenters. The van der Waals surface area contributed by atoms with Gasteiger partial charge in [0, 0.05) is 30.4 Å². The largest absolute Gasteiger partial charge is 0.338 e. The van der Waals surface area contributed by atoms with Crippen LogP contribution in [0, 0.1) is 5.82 Å². The molecule has 31 heavy (non-hydrogen) atoms. The Morgan fingerprint density at radius 2 is 1.97 bits per heavy atom. The van der Waals surface area contributed by atoms with Crippen molar-refractivity contribution in [1.82, 2.24) is 19.3 Å². The van der Waals surface area contributed by atoms with Crippen molar-refractivity contribution in [3.63, 3.8) is 0 Å². The number of anilines is 2. The highest BCUT2D eigenvalue weighted by Gasteiger charge is 2.22. The molecule has 11 heteroatoms. The van der Waals surface area contributed by atoms with E-state index >= 15 is 0 Å². The number of fused-ring (bicyclic) bond motifs is 1. The van der Waals surface area contributed by atoms with Crippen LogP contribution in [-0.4, -0.2) is 29.4 Å². The summed E-state index contributed by atoms with van der Waals surface area (Å²) in [6.07, 6.45) is 3.07. The van der Waals surface area contributed by atoms with Gasteiger partial charge in [-0.3, -0.25) is 0 Å². The average Bonchev–Trinajstić information content (AvgIpc) is 3.09. The number of nitrogens with zero attached hydrogens (tertiary/aromatic N) is 3. The van der Waals surface area contributed by atoms with Gasteiger partial charge in [-0.05, 0) is 42.9 Å². The molecule has 4 aromatic rings. The van der Waals surface area contributed by atoms with Gasteiger partial charge in [-0.1, -0.05) is 29.3 Å². The molecule has 0 aliphatic heterocycles. The van der Waals surface area contributed by atoms with Crippen LogP contribution in [0.4, 0.5) is 15.9 Å².